The van der Waals surface area contributed by atoms with Gasteiger partial charge in [0, 0.05) is 18.8 Å². The van der Waals surface area contributed by atoms with E-state index in [1.54, 1.807) is 0 Å². The van der Waals surface area contributed by atoms with Gasteiger partial charge in [0.1, 0.15) is 5.82 Å². The van der Waals surface area contributed by atoms with E-state index in [0.717, 1.165) is 61.3 Å². The maximum Gasteiger partial charge on any atom is 0.322 e. The number of benzene rings is 2. The number of hydrogen-bond donors (Lipinski definition) is 1. The van der Waals surface area contributed by atoms with E-state index < -0.39 is 0 Å². The van der Waals surface area contributed by atoms with Crippen LogP contribution in [0.1, 0.15) is 49.2 Å². The lowest BCUT2D eigenvalue weighted by Gasteiger charge is -2.25. The minimum Gasteiger partial charge on any atom is -0.327 e. The fraction of sp³-hybridized carbons (Fsp3) is 0.391. The SMILES string of the molecule is CCn1c([C@H]2CCCN2C(=O)Nc2ccc3c(c2)CCC3)nc2ccccc21. The summed E-state index contributed by atoms with van der Waals surface area (Å²) >= 11 is 0. The van der Waals surface area contributed by atoms with Crippen molar-refractivity contribution in [3.05, 3.63) is 59.4 Å². The lowest BCUT2D eigenvalue weighted by atomic mass is 10.1. The van der Waals surface area contributed by atoms with Gasteiger partial charge in [0.05, 0.1) is 17.1 Å². The smallest absolute Gasteiger partial charge is 0.322 e. The van der Waals surface area contributed by atoms with Crippen molar-refractivity contribution in [2.24, 2.45) is 0 Å². The number of carbonyl (C=O) groups is 1. The number of urea groups is 1. The molecule has 2 amide bonds. The summed E-state index contributed by atoms with van der Waals surface area (Å²) < 4.78 is 2.25. The zero-order valence-corrected chi connectivity index (χ0v) is 16.3. The predicted octanol–water partition coefficient (Wildman–Crippen LogP) is 4.91. The number of imidazole rings is 1. The number of anilines is 1. The molecule has 28 heavy (non-hydrogen) atoms. The predicted molar refractivity (Wildman–Crippen MR) is 112 cm³/mol. The van der Waals surface area contributed by atoms with E-state index in [-0.39, 0.29) is 12.1 Å². The first-order valence-electron chi connectivity index (χ1n) is 10.4. The number of aromatic nitrogens is 2. The van der Waals surface area contributed by atoms with Crippen LogP contribution in [-0.2, 0) is 19.4 Å². The number of amides is 2. The molecule has 0 unspecified atom stereocenters. The second-order valence-corrected chi connectivity index (χ2v) is 7.82. The third-order valence-corrected chi connectivity index (χ3v) is 6.16. The first-order chi connectivity index (χ1) is 13.7. The summed E-state index contributed by atoms with van der Waals surface area (Å²) in [7, 11) is 0. The Labute approximate surface area is 165 Å². The van der Waals surface area contributed by atoms with Gasteiger partial charge in [0.2, 0.25) is 0 Å². The number of nitrogens with zero attached hydrogens (tertiary/aromatic N) is 3. The molecule has 144 valence electrons. The average Bonchev–Trinajstić information content (AvgIpc) is 3.44. The summed E-state index contributed by atoms with van der Waals surface area (Å²) in [6.07, 6.45) is 5.46. The fourth-order valence-electron chi connectivity index (χ4n) is 4.80. The number of nitrogens with one attached hydrogen (secondary N) is 1. The second-order valence-electron chi connectivity index (χ2n) is 7.82. The van der Waals surface area contributed by atoms with Gasteiger partial charge < -0.3 is 14.8 Å². The van der Waals surface area contributed by atoms with E-state index in [2.05, 4.69) is 41.1 Å². The number of fused-ring (bicyclic) bond motifs is 2. The third kappa shape index (κ3) is 2.86. The van der Waals surface area contributed by atoms with Crippen molar-refractivity contribution >= 4 is 22.8 Å². The zero-order valence-electron chi connectivity index (χ0n) is 16.3. The molecule has 2 aliphatic rings. The maximum atomic E-state index is 13.1. The van der Waals surface area contributed by atoms with Gasteiger partial charge in [0.15, 0.2) is 0 Å². The standard InChI is InChI=1S/C23H26N4O/c1-2-26-20-10-4-3-9-19(20)25-22(26)21-11-6-14-27(21)23(28)24-18-13-12-16-7-5-8-17(16)15-18/h3-4,9-10,12-13,15,21H,2,5-8,11,14H2,1H3,(H,24,28)/t21-/m1/s1. The molecule has 1 N–H and O–H groups in total. The summed E-state index contributed by atoms with van der Waals surface area (Å²) in [5, 5.41) is 3.13. The quantitative estimate of drug-likeness (QED) is 0.708. The van der Waals surface area contributed by atoms with Crippen LogP contribution in [0.3, 0.4) is 0 Å². The van der Waals surface area contributed by atoms with Crippen LogP contribution < -0.4 is 5.32 Å². The zero-order chi connectivity index (χ0) is 19.1. The van der Waals surface area contributed by atoms with Crippen LogP contribution >= 0.6 is 0 Å². The molecule has 1 aromatic heterocycles. The normalized spacial score (nSPS) is 18.6. The van der Waals surface area contributed by atoms with Crippen LogP contribution in [-0.4, -0.2) is 27.0 Å². The molecule has 2 aromatic carbocycles. The van der Waals surface area contributed by atoms with Crippen LogP contribution in [0.5, 0.6) is 0 Å². The Morgan fingerprint density at radius 2 is 2.00 bits per heavy atom. The molecular formula is C23H26N4O. The molecule has 5 nitrogen and oxygen atoms in total. The van der Waals surface area contributed by atoms with Gasteiger partial charge in [-0.25, -0.2) is 9.78 Å². The Hall–Kier alpha value is -2.82. The highest BCUT2D eigenvalue weighted by Gasteiger charge is 2.33. The first kappa shape index (κ1) is 17.3. The van der Waals surface area contributed by atoms with Gasteiger partial charge in [-0.3, -0.25) is 0 Å². The molecule has 5 rings (SSSR count). The number of likely N-dealkylation sites (tertiary alicyclic amines) is 1. The van der Waals surface area contributed by atoms with Gasteiger partial charge in [-0.2, -0.15) is 0 Å². The fourth-order valence-corrected chi connectivity index (χ4v) is 4.80. The molecule has 1 aliphatic heterocycles. The van der Waals surface area contributed by atoms with Crippen molar-refractivity contribution in [3.63, 3.8) is 0 Å². The molecule has 1 atom stereocenters. The van der Waals surface area contributed by atoms with E-state index in [1.807, 2.05) is 23.1 Å². The number of rotatable bonds is 3. The molecule has 0 saturated carbocycles. The van der Waals surface area contributed by atoms with Gasteiger partial charge >= 0.3 is 6.03 Å². The molecule has 1 aliphatic carbocycles. The van der Waals surface area contributed by atoms with Crippen molar-refractivity contribution < 1.29 is 4.79 Å². The summed E-state index contributed by atoms with van der Waals surface area (Å²) in [6.45, 7) is 3.77. The average molecular weight is 374 g/mol. The Morgan fingerprint density at radius 1 is 1.14 bits per heavy atom. The van der Waals surface area contributed by atoms with Gasteiger partial charge in [-0.15, -0.1) is 0 Å². The van der Waals surface area contributed by atoms with Gasteiger partial charge in [-0.1, -0.05) is 18.2 Å². The Bertz CT molecular complexity index is 1040. The molecule has 0 spiro atoms. The third-order valence-electron chi connectivity index (χ3n) is 6.16. The molecule has 5 heteroatoms. The number of aryl methyl sites for hydroxylation is 3. The van der Waals surface area contributed by atoms with Crippen LogP contribution in [0.15, 0.2) is 42.5 Å². The van der Waals surface area contributed by atoms with E-state index >= 15 is 0 Å². The summed E-state index contributed by atoms with van der Waals surface area (Å²) in [4.78, 5) is 19.9. The van der Waals surface area contributed by atoms with Crippen LogP contribution in [0, 0.1) is 0 Å². The molecule has 3 aromatic rings. The highest BCUT2D eigenvalue weighted by atomic mass is 16.2. The monoisotopic (exact) mass is 374 g/mol. The largest absolute Gasteiger partial charge is 0.327 e. The van der Waals surface area contributed by atoms with Gasteiger partial charge in [-0.05, 0) is 74.4 Å². The highest BCUT2D eigenvalue weighted by Crippen LogP contribution is 2.34. The lowest BCUT2D eigenvalue weighted by Crippen LogP contribution is -2.35. The lowest BCUT2D eigenvalue weighted by molar-refractivity contribution is 0.204. The van der Waals surface area contributed by atoms with Gasteiger partial charge in [0.25, 0.3) is 0 Å². The van der Waals surface area contributed by atoms with Crippen LogP contribution in [0.25, 0.3) is 11.0 Å². The van der Waals surface area contributed by atoms with E-state index in [0.29, 0.717) is 0 Å². The Kier molecular flexibility index (Phi) is 4.30. The topological polar surface area (TPSA) is 50.2 Å². The molecule has 1 fully saturated rings. The Balaban J connectivity index is 1.42. The molecule has 0 bridgehead atoms. The van der Waals surface area contributed by atoms with Crippen LogP contribution in [0.4, 0.5) is 10.5 Å². The second kappa shape index (κ2) is 6.97. The minimum atomic E-state index is -0.0184. The van der Waals surface area contributed by atoms with Crippen LogP contribution in [0.2, 0.25) is 0 Å². The van der Waals surface area contributed by atoms with Crippen molar-refractivity contribution in [2.45, 2.75) is 51.6 Å². The number of hydrogen-bond acceptors (Lipinski definition) is 2. The van der Waals surface area contributed by atoms with Crippen molar-refractivity contribution in [1.82, 2.24) is 14.5 Å². The van der Waals surface area contributed by atoms with Crippen molar-refractivity contribution in [2.75, 3.05) is 11.9 Å². The van der Waals surface area contributed by atoms with E-state index in [1.165, 1.54) is 17.5 Å². The number of para-hydroxylation sites is 2. The first-order valence-corrected chi connectivity index (χ1v) is 10.4. The minimum absolute atomic E-state index is 0.0184. The number of carbonyl (C=O) groups excluding carboxylic acids is 1. The summed E-state index contributed by atoms with van der Waals surface area (Å²) in [6, 6.07) is 14.6. The van der Waals surface area contributed by atoms with Crippen molar-refractivity contribution in [3.8, 4) is 0 Å². The Morgan fingerprint density at radius 3 is 2.89 bits per heavy atom. The summed E-state index contributed by atoms with van der Waals surface area (Å²) in [5.41, 5.74) is 5.86. The van der Waals surface area contributed by atoms with Crippen molar-refractivity contribution in [1.29, 1.82) is 0 Å². The maximum absolute atomic E-state index is 13.1. The molecular weight excluding hydrogens is 348 g/mol. The molecule has 0 radical (unpaired) electrons. The molecule has 2 heterocycles. The summed E-state index contributed by atoms with van der Waals surface area (Å²) in [5.74, 6) is 1.00. The highest BCUT2D eigenvalue weighted by molar-refractivity contribution is 5.90. The van der Waals surface area contributed by atoms with E-state index in [9.17, 15) is 4.79 Å². The van der Waals surface area contributed by atoms with E-state index in [4.69, 9.17) is 4.98 Å². The molecule has 1 saturated heterocycles.